The van der Waals surface area contributed by atoms with Gasteiger partial charge in [-0.1, -0.05) is 6.92 Å². The number of nitrogens with zero attached hydrogens (tertiary/aromatic N) is 3. The first-order valence-electron chi connectivity index (χ1n) is 9.76. The first kappa shape index (κ1) is 19.0. The zero-order valence-electron chi connectivity index (χ0n) is 15.8. The van der Waals surface area contributed by atoms with Crippen LogP contribution in [0.25, 0.3) is 0 Å². The van der Waals surface area contributed by atoms with Crippen LogP contribution in [0.4, 0.5) is 0 Å². The van der Waals surface area contributed by atoms with Crippen LogP contribution in [0, 0.1) is 6.92 Å². The molecule has 0 bridgehead atoms. The molecule has 0 spiro atoms. The van der Waals surface area contributed by atoms with E-state index in [0.717, 1.165) is 38.8 Å². The maximum Gasteiger partial charge on any atom is 0.254 e. The van der Waals surface area contributed by atoms with Crippen LogP contribution in [0.1, 0.15) is 49.7 Å². The van der Waals surface area contributed by atoms with Gasteiger partial charge in [0.2, 0.25) is 5.91 Å². The molecule has 1 aromatic heterocycles. The number of nitrogens with one attached hydrogen (secondary N) is 1. The van der Waals surface area contributed by atoms with Gasteiger partial charge in [0.25, 0.3) is 5.56 Å². The second kappa shape index (κ2) is 8.31. The summed E-state index contributed by atoms with van der Waals surface area (Å²) in [7, 11) is 0. The fourth-order valence-electron chi connectivity index (χ4n) is 4.10. The van der Waals surface area contributed by atoms with Crippen LogP contribution in [0.5, 0.6) is 0 Å². The van der Waals surface area contributed by atoms with Crippen molar-refractivity contribution in [3.63, 3.8) is 0 Å². The Bertz CT molecular complexity index is 695. The van der Waals surface area contributed by atoms with Crippen LogP contribution >= 0.6 is 0 Å². The highest BCUT2D eigenvalue weighted by Crippen LogP contribution is 2.21. The Morgan fingerprint density at radius 1 is 1.27 bits per heavy atom. The molecule has 7 nitrogen and oxygen atoms in total. The van der Waals surface area contributed by atoms with Crippen molar-refractivity contribution in [1.29, 1.82) is 0 Å². The number of aromatic amines is 1. The van der Waals surface area contributed by atoms with Gasteiger partial charge in [-0.25, -0.2) is 4.98 Å². The number of aliphatic hydroxyl groups is 1. The third-order valence-corrected chi connectivity index (χ3v) is 5.70. The van der Waals surface area contributed by atoms with Gasteiger partial charge in [-0.3, -0.25) is 14.5 Å². The molecule has 2 aliphatic heterocycles. The van der Waals surface area contributed by atoms with Crippen molar-refractivity contribution in [3.05, 3.63) is 27.4 Å². The molecule has 2 fully saturated rings. The number of likely N-dealkylation sites (tertiary alicyclic amines) is 2. The molecule has 26 heavy (non-hydrogen) atoms. The van der Waals surface area contributed by atoms with Crippen molar-refractivity contribution in [1.82, 2.24) is 19.8 Å². The Kier molecular flexibility index (Phi) is 6.09. The van der Waals surface area contributed by atoms with E-state index in [1.807, 2.05) is 11.8 Å². The van der Waals surface area contributed by atoms with Crippen molar-refractivity contribution in [2.24, 2.45) is 0 Å². The Hall–Kier alpha value is -1.73. The fourth-order valence-corrected chi connectivity index (χ4v) is 4.10. The van der Waals surface area contributed by atoms with E-state index in [1.165, 1.54) is 0 Å². The molecule has 2 saturated heterocycles. The molecule has 144 valence electrons. The lowest BCUT2D eigenvalue weighted by Crippen LogP contribution is -2.51. The smallest absolute Gasteiger partial charge is 0.254 e. The van der Waals surface area contributed by atoms with Crippen molar-refractivity contribution < 1.29 is 9.90 Å². The van der Waals surface area contributed by atoms with Crippen molar-refractivity contribution in [2.45, 2.75) is 64.5 Å². The predicted octanol–water partition coefficient (Wildman–Crippen LogP) is 0.631. The highest BCUT2D eigenvalue weighted by Gasteiger charge is 2.30. The summed E-state index contributed by atoms with van der Waals surface area (Å²) in [4.78, 5) is 36.3. The van der Waals surface area contributed by atoms with Gasteiger partial charge in [-0.05, 0) is 39.2 Å². The van der Waals surface area contributed by atoms with Crippen LogP contribution in [-0.2, 0) is 17.6 Å². The monoisotopic (exact) mass is 362 g/mol. The molecular formula is C19H30N4O3. The second-order valence-corrected chi connectivity index (χ2v) is 7.51. The standard InChI is InChI=1S/C19H30N4O3/c1-3-17-20-13(2)16(19(26)21-17)11-18(25)22-9-6-14(7-10-22)23-8-4-5-15(24)12-23/h14-15,24H,3-12H2,1-2H3,(H,20,21,26). The largest absolute Gasteiger partial charge is 0.392 e. The molecule has 1 atom stereocenters. The molecule has 1 amide bonds. The van der Waals surface area contributed by atoms with E-state index in [-0.39, 0.29) is 24.0 Å². The summed E-state index contributed by atoms with van der Waals surface area (Å²) in [6, 6.07) is 0.449. The summed E-state index contributed by atoms with van der Waals surface area (Å²) >= 11 is 0. The lowest BCUT2D eigenvalue weighted by atomic mass is 9.98. The van der Waals surface area contributed by atoms with Crippen LogP contribution in [0.2, 0.25) is 0 Å². The quantitative estimate of drug-likeness (QED) is 0.820. The Morgan fingerprint density at radius 2 is 2.00 bits per heavy atom. The number of carbonyl (C=O) groups is 1. The van der Waals surface area contributed by atoms with Gasteiger partial charge in [0, 0.05) is 43.4 Å². The number of hydrogen-bond acceptors (Lipinski definition) is 5. The van der Waals surface area contributed by atoms with Crippen LogP contribution in [0.3, 0.4) is 0 Å². The summed E-state index contributed by atoms with van der Waals surface area (Å²) in [5.74, 6) is 0.662. The van der Waals surface area contributed by atoms with Crippen molar-refractivity contribution >= 4 is 5.91 Å². The minimum atomic E-state index is -0.211. The van der Waals surface area contributed by atoms with Gasteiger partial charge < -0.3 is 15.0 Å². The fraction of sp³-hybridized carbons (Fsp3) is 0.737. The molecule has 7 heteroatoms. The zero-order valence-corrected chi connectivity index (χ0v) is 15.8. The highest BCUT2D eigenvalue weighted by atomic mass is 16.3. The van der Waals surface area contributed by atoms with E-state index in [1.54, 1.807) is 6.92 Å². The van der Waals surface area contributed by atoms with Crippen molar-refractivity contribution in [3.8, 4) is 0 Å². The number of hydrogen-bond donors (Lipinski definition) is 2. The van der Waals surface area contributed by atoms with Crippen molar-refractivity contribution in [2.75, 3.05) is 26.2 Å². The normalized spacial score (nSPS) is 22.6. The van der Waals surface area contributed by atoms with E-state index in [9.17, 15) is 14.7 Å². The summed E-state index contributed by atoms with van der Waals surface area (Å²) < 4.78 is 0. The third-order valence-electron chi connectivity index (χ3n) is 5.70. The number of H-pyrrole nitrogens is 1. The van der Waals surface area contributed by atoms with Gasteiger partial charge in [0.05, 0.1) is 12.5 Å². The van der Waals surface area contributed by atoms with Gasteiger partial charge in [-0.2, -0.15) is 0 Å². The number of carbonyl (C=O) groups excluding carboxylic acids is 1. The number of aryl methyl sites for hydroxylation is 2. The van der Waals surface area contributed by atoms with Crippen LogP contribution in [0.15, 0.2) is 4.79 Å². The average Bonchev–Trinajstić information content (AvgIpc) is 2.64. The van der Waals surface area contributed by atoms with Gasteiger partial charge in [0.15, 0.2) is 0 Å². The van der Waals surface area contributed by atoms with Gasteiger partial charge in [0.1, 0.15) is 5.82 Å². The molecule has 1 aromatic rings. The summed E-state index contributed by atoms with van der Waals surface area (Å²) in [6.07, 6.45) is 4.38. The first-order chi connectivity index (χ1) is 12.5. The van der Waals surface area contributed by atoms with Gasteiger partial charge >= 0.3 is 0 Å². The minimum absolute atomic E-state index is 0.00165. The average molecular weight is 362 g/mol. The maximum absolute atomic E-state index is 12.7. The molecule has 0 radical (unpaired) electrons. The third kappa shape index (κ3) is 4.32. The van der Waals surface area contributed by atoms with Gasteiger partial charge in [-0.15, -0.1) is 0 Å². The molecule has 1 unspecified atom stereocenters. The predicted molar refractivity (Wildman–Crippen MR) is 99.1 cm³/mol. The highest BCUT2D eigenvalue weighted by molar-refractivity contribution is 5.79. The van der Waals surface area contributed by atoms with E-state index < -0.39 is 0 Å². The SMILES string of the molecule is CCc1nc(C)c(CC(=O)N2CCC(N3CCCC(O)C3)CC2)c(=O)[nH]1. The number of β-amino-alcohol motifs (C(OH)–C–C–N with tert-alkyl or cyclic N) is 1. The van der Waals surface area contributed by atoms with E-state index in [4.69, 9.17) is 0 Å². The molecule has 3 heterocycles. The molecule has 0 saturated carbocycles. The van der Waals surface area contributed by atoms with Crippen LogP contribution in [-0.4, -0.2) is 69.1 Å². The molecule has 0 aliphatic carbocycles. The molecular weight excluding hydrogens is 332 g/mol. The molecule has 2 aliphatic rings. The number of amides is 1. The topological polar surface area (TPSA) is 89.5 Å². The summed E-state index contributed by atoms with van der Waals surface area (Å²) in [5, 5.41) is 9.86. The van der Waals surface area contributed by atoms with E-state index >= 15 is 0 Å². The number of aliphatic hydroxyl groups excluding tert-OH is 1. The number of piperidine rings is 2. The number of aromatic nitrogens is 2. The van der Waals surface area contributed by atoms with E-state index in [2.05, 4.69) is 14.9 Å². The Balaban J connectivity index is 1.56. The van der Waals surface area contributed by atoms with E-state index in [0.29, 0.717) is 42.6 Å². The molecule has 0 aromatic carbocycles. The Morgan fingerprint density at radius 3 is 2.62 bits per heavy atom. The summed E-state index contributed by atoms with van der Waals surface area (Å²) in [5.41, 5.74) is 0.935. The zero-order chi connectivity index (χ0) is 18.7. The maximum atomic E-state index is 12.7. The minimum Gasteiger partial charge on any atom is -0.392 e. The second-order valence-electron chi connectivity index (χ2n) is 7.51. The lowest BCUT2D eigenvalue weighted by molar-refractivity contribution is -0.132. The lowest BCUT2D eigenvalue weighted by Gasteiger charge is -2.41. The summed E-state index contributed by atoms with van der Waals surface area (Å²) in [6.45, 7) is 6.96. The van der Waals surface area contributed by atoms with Crippen LogP contribution < -0.4 is 5.56 Å². The number of rotatable bonds is 4. The molecule has 3 rings (SSSR count). The molecule has 2 N–H and O–H groups in total. The Labute approximate surface area is 154 Å². The first-order valence-corrected chi connectivity index (χ1v) is 9.76.